The molecule has 4 fully saturated rings. The van der Waals surface area contributed by atoms with Crippen molar-refractivity contribution in [2.24, 2.45) is 5.41 Å². The molecule has 0 aromatic rings. The summed E-state index contributed by atoms with van der Waals surface area (Å²) in [6, 6.07) is 0. The van der Waals surface area contributed by atoms with Gasteiger partial charge in [-0.05, 0) is 6.08 Å². The van der Waals surface area contributed by atoms with Crippen molar-refractivity contribution in [1.29, 1.82) is 0 Å². The molecular formula is C13H2F16O2. The fourth-order valence-corrected chi connectivity index (χ4v) is 4.42. The number of hydrogen-bond acceptors (Lipinski definition) is 1. The van der Waals surface area contributed by atoms with E-state index in [1.807, 2.05) is 0 Å². The largest absolute Gasteiger partial charge is 0.476 e. The minimum absolute atomic E-state index is 2.41. The monoisotopic (exact) mass is 494 g/mol. The Morgan fingerprint density at radius 3 is 0.935 bits per heavy atom. The van der Waals surface area contributed by atoms with E-state index in [1.165, 1.54) is 0 Å². The molecule has 0 amide bonds. The van der Waals surface area contributed by atoms with Gasteiger partial charge in [0, 0.05) is 0 Å². The molecule has 0 aromatic carbocycles. The van der Waals surface area contributed by atoms with Gasteiger partial charge in [0.25, 0.3) is 0 Å². The summed E-state index contributed by atoms with van der Waals surface area (Å²) in [5, 5.41) is 8.19. The maximum atomic E-state index is 14.6. The molecule has 31 heavy (non-hydrogen) atoms. The van der Waals surface area contributed by atoms with Crippen molar-refractivity contribution in [2.75, 3.05) is 0 Å². The van der Waals surface area contributed by atoms with Gasteiger partial charge in [0.2, 0.25) is 5.83 Å². The summed E-state index contributed by atoms with van der Waals surface area (Å²) < 4.78 is 228. The highest BCUT2D eigenvalue weighted by Gasteiger charge is 3.22. The molecule has 0 saturated heterocycles. The van der Waals surface area contributed by atoms with Gasteiger partial charge in [0.1, 0.15) is 0 Å². The van der Waals surface area contributed by atoms with Crippen LogP contribution in [0.2, 0.25) is 0 Å². The van der Waals surface area contributed by atoms with Crippen molar-refractivity contribution in [3.63, 3.8) is 0 Å². The molecule has 2 nitrogen and oxygen atoms in total. The molecule has 0 unspecified atom stereocenters. The summed E-state index contributed by atoms with van der Waals surface area (Å²) in [6.07, 6.45) is -2.41. The second kappa shape index (κ2) is 4.87. The molecule has 4 rings (SSSR count). The van der Waals surface area contributed by atoms with Crippen molar-refractivity contribution in [1.82, 2.24) is 0 Å². The lowest BCUT2D eigenvalue weighted by atomic mass is 9.36. The zero-order valence-corrected chi connectivity index (χ0v) is 13.5. The van der Waals surface area contributed by atoms with Crippen LogP contribution in [0, 0.1) is 5.41 Å². The van der Waals surface area contributed by atoms with Gasteiger partial charge in [-0.3, -0.25) is 0 Å². The Labute approximate surface area is 157 Å². The van der Waals surface area contributed by atoms with Crippen LogP contribution in [0.25, 0.3) is 0 Å². The van der Waals surface area contributed by atoms with Crippen LogP contribution >= 0.6 is 0 Å². The van der Waals surface area contributed by atoms with Crippen molar-refractivity contribution in [3.05, 3.63) is 11.9 Å². The van der Waals surface area contributed by atoms with Gasteiger partial charge in [-0.2, -0.15) is 30.7 Å². The first-order valence-electron chi connectivity index (χ1n) is 7.28. The average Bonchev–Trinajstić information content (AvgIpc) is 2.58. The van der Waals surface area contributed by atoms with Crippen molar-refractivity contribution in [3.8, 4) is 0 Å². The highest BCUT2D eigenvalue weighted by Crippen LogP contribution is 2.90. The lowest BCUT2D eigenvalue weighted by molar-refractivity contribution is -0.604. The summed E-state index contributed by atoms with van der Waals surface area (Å²) in [5.74, 6) is -54.6. The third kappa shape index (κ3) is 1.44. The first-order valence-corrected chi connectivity index (χ1v) is 7.28. The van der Waals surface area contributed by atoms with Crippen molar-refractivity contribution in [2.45, 2.75) is 52.5 Å². The molecule has 4 saturated carbocycles. The van der Waals surface area contributed by atoms with Gasteiger partial charge in [0.05, 0.1) is 0 Å². The molecular weight excluding hydrogens is 492 g/mol. The van der Waals surface area contributed by atoms with Gasteiger partial charge in [0.15, 0.2) is 5.41 Å². The maximum Gasteiger partial charge on any atom is 0.364 e. The van der Waals surface area contributed by atoms with Gasteiger partial charge in [-0.15, -0.1) is 0 Å². The second-order valence-electron chi connectivity index (χ2n) is 7.03. The fraction of sp³-hybridized carbons (Fsp3) is 0.769. The third-order valence-corrected chi connectivity index (χ3v) is 5.93. The minimum Gasteiger partial charge on any atom is -0.476 e. The van der Waals surface area contributed by atoms with E-state index in [0.717, 1.165) is 0 Å². The molecule has 18 heteroatoms. The van der Waals surface area contributed by atoms with Crippen molar-refractivity contribution >= 4 is 5.97 Å². The predicted octanol–water partition coefficient (Wildman–Crippen LogP) is 4.89. The van der Waals surface area contributed by atoms with E-state index in [2.05, 4.69) is 0 Å². The fourth-order valence-electron chi connectivity index (χ4n) is 4.42. The standard InChI is InChI=1S/C13H2F16O2/c14-2(3(30)31)1-4-8(18,19)5(15)11(24,25)6(16,9(4,20)21)13(28,29)7(17,10(4,22)23)12(5,26)27/h1H,(H,30,31). The first-order chi connectivity index (χ1) is 13.3. The van der Waals surface area contributed by atoms with Crippen LogP contribution in [0.15, 0.2) is 11.9 Å². The molecule has 0 radical (unpaired) electrons. The lowest BCUT2D eigenvalue weighted by Crippen LogP contribution is -3.07. The summed E-state index contributed by atoms with van der Waals surface area (Å²) in [7, 11) is 0. The Bertz CT molecular complexity index is 805. The Morgan fingerprint density at radius 1 is 0.516 bits per heavy atom. The van der Waals surface area contributed by atoms with Crippen LogP contribution in [-0.2, 0) is 4.79 Å². The normalized spacial score (nSPS) is 47.3. The summed E-state index contributed by atoms with van der Waals surface area (Å²) in [6.45, 7) is 0. The third-order valence-electron chi connectivity index (χ3n) is 5.93. The summed E-state index contributed by atoms with van der Waals surface area (Å²) in [5.41, 5.74) is -30.9. The van der Waals surface area contributed by atoms with Crippen LogP contribution < -0.4 is 0 Å². The quantitative estimate of drug-likeness (QED) is 0.439. The Morgan fingerprint density at radius 2 is 0.742 bits per heavy atom. The minimum atomic E-state index is -8.00. The van der Waals surface area contributed by atoms with Crippen LogP contribution in [0.3, 0.4) is 0 Å². The zero-order valence-electron chi connectivity index (χ0n) is 13.5. The summed E-state index contributed by atoms with van der Waals surface area (Å²) in [4.78, 5) is 10.4. The molecule has 4 aliphatic rings. The van der Waals surface area contributed by atoms with E-state index in [0.29, 0.717) is 0 Å². The predicted molar refractivity (Wildman–Crippen MR) is 60.5 cm³/mol. The first kappa shape index (κ1) is 23.7. The Kier molecular flexibility index (Phi) is 3.73. The molecule has 0 aromatic heterocycles. The maximum absolute atomic E-state index is 14.6. The number of allylic oxidation sites excluding steroid dienone is 1. The van der Waals surface area contributed by atoms with Gasteiger partial charge >= 0.3 is 58.5 Å². The molecule has 0 aliphatic heterocycles. The van der Waals surface area contributed by atoms with E-state index in [4.69, 9.17) is 5.11 Å². The van der Waals surface area contributed by atoms with E-state index in [9.17, 15) is 75.0 Å². The molecule has 4 bridgehead atoms. The van der Waals surface area contributed by atoms with Crippen LogP contribution in [-0.4, -0.2) is 63.6 Å². The van der Waals surface area contributed by atoms with E-state index in [1.54, 1.807) is 0 Å². The van der Waals surface area contributed by atoms with Gasteiger partial charge < -0.3 is 5.11 Å². The van der Waals surface area contributed by atoms with E-state index < -0.39 is 75.8 Å². The highest BCUT2D eigenvalue weighted by atomic mass is 19.3. The average molecular weight is 494 g/mol. The number of carbonyl (C=O) groups is 1. The Hall–Kier alpha value is -1.91. The molecule has 1 N–H and O–H groups in total. The number of carboxylic acids is 1. The molecule has 178 valence electrons. The number of hydrogen-bond donors (Lipinski definition) is 1. The molecule has 0 atom stereocenters. The topological polar surface area (TPSA) is 37.3 Å². The molecule has 0 heterocycles. The molecule has 0 spiro atoms. The lowest BCUT2D eigenvalue weighted by Gasteiger charge is -2.74. The number of halogens is 16. The highest BCUT2D eigenvalue weighted by molar-refractivity contribution is 5.84. The van der Waals surface area contributed by atoms with Crippen LogP contribution in [0.4, 0.5) is 70.2 Å². The zero-order chi connectivity index (χ0) is 24.9. The SMILES string of the molecule is O=C(O)C(F)=CC12C(F)(F)C3(F)C(F)(F)C(F)(C(F)(F)C(F)(C3(F)F)C1(F)F)C2(F)F. The number of alkyl halides is 15. The van der Waals surface area contributed by atoms with Gasteiger partial charge in [-0.1, -0.05) is 0 Å². The van der Waals surface area contributed by atoms with Crippen molar-refractivity contribution < 1.29 is 80.1 Å². The second-order valence-corrected chi connectivity index (χ2v) is 7.03. The van der Waals surface area contributed by atoms with Crippen LogP contribution in [0.5, 0.6) is 0 Å². The number of rotatable bonds is 2. The smallest absolute Gasteiger partial charge is 0.364 e. The molecule has 4 aliphatic carbocycles. The number of aliphatic carboxylic acids is 1. The summed E-state index contributed by atoms with van der Waals surface area (Å²) >= 11 is 0. The van der Waals surface area contributed by atoms with E-state index in [-0.39, 0.29) is 0 Å². The number of carboxylic acid groups (broad SMARTS) is 1. The Balaban J connectivity index is 2.76. The van der Waals surface area contributed by atoms with Crippen LogP contribution in [0.1, 0.15) is 0 Å². The van der Waals surface area contributed by atoms with Gasteiger partial charge in [-0.25, -0.2) is 44.3 Å². The van der Waals surface area contributed by atoms with E-state index >= 15 is 0 Å².